The van der Waals surface area contributed by atoms with Crippen LogP contribution in [0.3, 0.4) is 0 Å². The van der Waals surface area contributed by atoms with E-state index in [-0.39, 0.29) is 25.2 Å². The van der Waals surface area contributed by atoms with E-state index in [1.807, 2.05) is 0 Å². The molecule has 10 heteroatoms. The molecular weight excluding hydrogens is 434 g/mol. The van der Waals surface area contributed by atoms with E-state index in [0.29, 0.717) is 32.0 Å². The molecule has 30 heavy (non-hydrogen) atoms. The molecule has 0 aliphatic carbocycles. The summed E-state index contributed by atoms with van der Waals surface area (Å²) in [4.78, 5) is 36.2. The largest absolute Gasteiger partial charge is 0.496 e. The van der Waals surface area contributed by atoms with Gasteiger partial charge < -0.3 is 24.3 Å². The average Bonchev–Trinajstić information content (AvgIpc) is 3.20. The van der Waals surface area contributed by atoms with Gasteiger partial charge >= 0.3 is 5.97 Å². The number of rotatable bonds is 11. The van der Waals surface area contributed by atoms with E-state index in [9.17, 15) is 14.4 Å². The highest BCUT2D eigenvalue weighted by molar-refractivity contribution is 7.18. The van der Waals surface area contributed by atoms with Crippen LogP contribution in [0.25, 0.3) is 0 Å². The molecule has 0 radical (unpaired) electrons. The Bertz CT molecular complexity index is 913. The third-order valence-electron chi connectivity index (χ3n) is 4.03. The number of hydrogen-bond acceptors (Lipinski definition) is 8. The second kappa shape index (κ2) is 11.4. The molecular formula is C20H22ClNO7S. The lowest BCUT2D eigenvalue weighted by Gasteiger charge is -2.14. The van der Waals surface area contributed by atoms with E-state index in [2.05, 4.69) is 5.32 Å². The fourth-order valence-electron chi connectivity index (χ4n) is 2.50. The summed E-state index contributed by atoms with van der Waals surface area (Å²) in [6.07, 6.45) is -0.134. The molecule has 0 saturated carbocycles. The minimum atomic E-state index is -0.634. The highest BCUT2D eigenvalue weighted by Gasteiger charge is 2.15. The number of methoxy groups -OCH3 is 3. The van der Waals surface area contributed by atoms with Crippen LogP contribution >= 0.6 is 22.9 Å². The number of nitrogens with one attached hydrogen (secondary N) is 1. The highest BCUT2D eigenvalue weighted by atomic mass is 35.5. The lowest BCUT2D eigenvalue weighted by Crippen LogP contribution is -2.28. The summed E-state index contributed by atoms with van der Waals surface area (Å²) in [5.41, 5.74) is 0.662. The van der Waals surface area contributed by atoms with Crippen molar-refractivity contribution in [3.8, 4) is 17.2 Å². The van der Waals surface area contributed by atoms with E-state index < -0.39 is 18.5 Å². The van der Waals surface area contributed by atoms with Crippen LogP contribution in [-0.4, -0.2) is 45.6 Å². The number of ketones is 1. The Morgan fingerprint density at radius 2 is 1.63 bits per heavy atom. The Labute approximate surface area is 183 Å². The quantitative estimate of drug-likeness (QED) is 0.410. The van der Waals surface area contributed by atoms with Crippen LogP contribution in [-0.2, 0) is 20.9 Å². The van der Waals surface area contributed by atoms with Crippen LogP contribution < -0.4 is 19.5 Å². The first-order valence-electron chi connectivity index (χ1n) is 8.87. The predicted octanol–water partition coefficient (Wildman–Crippen LogP) is 3.25. The minimum Gasteiger partial charge on any atom is -0.496 e. The SMILES string of the molecule is COc1cc(OC)c(OC)cc1CNC(=O)COC(=O)CCC(=O)c1ccc(Cl)s1. The summed E-state index contributed by atoms with van der Waals surface area (Å²) in [7, 11) is 4.51. The van der Waals surface area contributed by atoms with Crippen molar-refractivity contribution in [2.45, 2.75) is 19.4 Å². The van der Waals surface area contributed by atoms with Gasteiger partial charge in [0.1, 0.15) is 5.75 Å². The molecule has 8 nitrogen and oxygen atoms in total. The van der Waals surface area contributed by atoms with E-state index in [4.69, 9.17) is 30.5 Å². The first-order valence-corrected chi connectivity index (χ1v) is 10.1. The van der Waals surface area contributed by atoms with Gasteiger partial charge in [0.2, 0.25) is 0 Å². The Kier molecular flexibility index (Phi) is 8.94. The maximum absolute atomic E-state index is 12.0. The van der Waals surface area contributed by atoms with Crippen LogP contribution in [0.5, 0.6) is 17.2 Å². The van der Waals surface area contributed by atoms with Crippen molar-refractivity contribution < 1.29 is 33.3 Å². The molecule has 1 heterocycles. The summed E-state index contributed by atoms with van der Waals surface area (Å²) < 4.78 is 21.2. The van der Waals surface area contributed by atoms with E-state index in [1.54, 1.807) is 24.3 Å². The first kappa shape index (κ1) is 23.5. The van der Waals surface area contributed by atoms with Crippen molar-refractivity contribution in [2.24, 2.45) is 0 Å². The molecule has 0 fully saturated rings. The zero-order chi connectivity index (χ0) is 22.1. The van der Waals surface area contributed by atoms with Gasteiger partial charge in [-0.25, -0.2) is 0 Å². The normalized spacial score (nSPS) is 10.3. The van der Waals surface area contributed by atoms with Gasteiger partial charge in [-0.15, -0.1) is 11.3 Å². The fourth-order valence-corrected chi connectivity index (χ4v) is 3.51. The van der Waals surface area contributed by atoms with Crippen LogP contribution in [0.15, 0.2) is 24.3 Å². The van der Waals surface area contributed by atoms with Crippen molar-refractivity contribution in [2.75, 3.05) is 27.9 Å². The number of carbonyl (C=O) groups is 3. The first-order chi connectivity index (χ1) is 14.4. The summed E-state index contributed by atoms with van der Waals surface area (Å²) in [6.45, 7) is -0.314. The third kappa shape index (κ3) is 6.64. The molecule has 0 aliphatic heterocycles. The number of benzene rings is 1. The molecule has 2 aromatic rings. The van der Waals surface area contributed by atoms with Gasteiger partial charge in [0.05, 0.1) is 37.0 Å². The van der Waals surface area contributed by atoms with Crippen LogP contribution in [0.4, 0.5) is 0 Å². The van der Waals surface area contributed by atoms with Gasteiger partial charge in [-0.3, -0.25) is 14.4 Å². The lowest BCUT2D eigenvalue weighted by atomic mass is 10.1. The molecule has 1 amide bonds. The second-order valence-electron chi connectivity index (χ2n) is 5.98. The molecule has 0 spiro atoms. The molecule has 0 saturated heterocycles. The number of hydrogen-bond donors (Lipinski definition) is 1. The summed E-state index contributed by atoms with van der Waals surface area (Å²) in [6, 6.07) is 6.57. The molecule has 1 N–H and O–H groups in total. The fraction of sp³-hybridized carbons (Fsp3) is 0.350. The number of Topliss-reactive ketones (excluding diaryl/α,β-unsaturated/α-hetero) is 1. The molecule has 0 aliphatic rings. The van der Waals surface area contributed by atoms with Crippen molar-refractivity contribution in [3.05, 3.63) is 39.0 Å². The molecule has 0 unspecified atom stereocenters. The average molecular weight is 456 g/mol. The number of thiophene rings is 1. The van der Waals surface area contributed by atoms with Gasteiger partial charge in [0.25, 0.3) is 5.91 Å². The predicted molar refractivity (Wildman–Crippen MR) is 112 cm³/mol. The van der Waals surface area contributed by atoms with Crippen LogP contribution in [0.2, 0.25) is 4.34 Å². The standard InChI is InChI=1S/C20H22ClNO7S/c1-26-14-9-16(28-3)15(27-2)8-12(14)10-22-19(24)11-29-20(25)7-4-13(23)17-5-6-18(21)30-17/h5-6,8-9H,4,7,10-11H2,1-3H3,(H,22,24). The van der Waals surface area contributed by atoms with Gasteiger partial charge in [-0.05, 0) is 18.2 Å². The number of carbonyl (C=O) groups excluding carboxylic acids is 3. The van der Waals surface area contributed by atoms with E-state index >= 15 is 0 Å². The molecule has 1 aromatic carbocycles. The van der Waals surface area contributed by atoms with Crippen molar-refractivity contribution >= 4 is 40.6 Å². The lowest BCUT2D eigenvalue weighted by molar-refractivity contribution is -0.148. The van der Waals surface area contributed by atoms with Crippen molar-refractivity contribution in [1.29, 1.82) is 0 Å². The Balaban J connectivity index is 1.79. The molecule has 2 rings (SSSR count). The Morgan fingerprint density at radius 1 is 0.967 bits per heavy atom. The van der Waals surface area contributed by atoms with Crippen LogP contribution in [0, 0.1) is 0 Å². The van der Waals surface area contributed by atoms with Gasteiger partial charge in [-0.2, -0.15) is 0 Å². The van der Waals surface area contributed by atoms with Gasteiger partial charge in [0.15, 0.2) is 23.9 Å². The van der Waals surface area contributed by atoms with Gasteiger partial charge in [0, 0.05) is 24.6 Å². The highest BCUT2D eigenvalue weighted by Crippen LogP contribution is 2.34. The minimum absolute atomic E-state index is 0.0138. The molecule has 0 atom stereocenters. The smallest absolute Gasteiger partial charge is 0.306 e. The summed E-state index contributed by atoms with van der Waals surface area (Å²) in [5, 5.41) is 2.64. The Hall–Kier alpha value is -2.78. The van der Waals surface area contributed by atoms with Gasteiger partial charge in [-0.1, -0.05) is 11.6 Å². The molecule has 1 aromatic heterocycles. The third-order valence-corrected chi connectivity index (χ3v) is 5.30. The maximum atomic E-state index is 12.0. The van der Waals surface area contributed by atoms with Crippen molar-refractivity contribution in [1.82, 2.24) is 5.32 Å². The van der Waals surface area contributed by atoms with E-state index in [1.165, 1.54) is 21.3 Å². The number of amides is 1. The monoisotopic (exact) mass is 455 g/mol. The molecule has 0 bridgehead atoms. The maximum Gasteiger partial charge on any atom is 0.306 e. The topological polar surface area (TPSA) is 100 Å². The summed E-state index contributed by atoms with van der Waals surface area (Å²) >= 11 is 6.94. The van der Waals surface area contributed by atoms with Crippen LogP contribution in [0.1, 0.15) is 28.1 Å². The Morgan fingerprint density at radius 3 is 2.23 bits per heavy atom. The molecule has 162 valence electrons. The number of halogens is 1. The number of esters is 1. The van der Waals surface area contributed by atoms with Crippen molar-refractivity contribution in [3.63, 3.8) is 0 Å². The second-order valence-corrected chi connectivity index (χ2v) is 7.70. The zero-order valence-corrected chi connectivity index (χ0v) is 18.4. The zero-order valence-electron chi connectivity index (χ0n) is 16.8. The van der Waals surface area contributed by atoms with E-state index in [0.717, 1.165) is 11.3 Å². The summed E-state index contributed by atoms with van der Waals surface area (Å²) in [5.74, 6) is 0.177. The number of ether oxygens (including phenoxy) is 4.